The van der Waals surface area contributed by atoms with E-state index in [0.717, 1.165) is 0 Å². The van der Waals surface area contributed by atoms with Crippen LogP contribution in [0.2, 0.25) is 0 Å². The van der Waals surface area contributed by atoms with Crippen molar-refractivity contribution in [3.8, 4) is 0 Å². The Hall–Kier alpha value is -1.49. The van der Waals surface area contributed by atoms with Crippen LogP contribution in [0.4, 0.5) is 10.2 Å². The van der Waals surface area contributed by atoms with Crippen molar-refractivity contribution >= 4 is 29.6 Å². The van der Waals surface area contributed by atoms with E-state index in [-0.39, 0.29) is 17.0 Å². The highest BCUT2D eigenvalue weighted by atomic mass is 32.1. The Kier molecular flexibility index (Phi) is 3.93. The van der Waals surface area contributed by atoms with Crippen LogP contribution in [0.25, 0.3) is 11.2 Å². The molecule has 22 heavy (non-hydrogen) atoms. The molecule has 0 aliphatic carbocycles. The largest absolute Gasteiger partial charge is 0.390 e. The Morgan fingerprint density at radius 3 is 2.95 bits per heavy atom. The van der Waals surface area contributed by atoms with Crippen molar-refractivity contribution in [3.05, 3.63) is 12.4 Å². The lowest BCUT2D eigenvalue weighted by Crippen LogP contribution is -2.36. The number of rotatable bonds is 3. The average molecular weight is 329 g/mol. The van der Waals surface area contributed by atoms with E-state index in [9.17, 15) is 14.6 Å². The molecule has 120 valence electrons. The van der Waals surface area contributed by atoms with Gasteiger partial charge in [0.15, 0.2) is 23.2 Å². The standard InChI is InChI=1S/C12H16FN5O3S/c1-2-4(19)7-6(20)8(22)11(21-7)18-3-15-5-9(14)16-12(13)17-10(5)18/h3-4,6-8,11,19-20,22H,2H2,1H3,(H2,14,16,17)/t4?,6-,7-,8-,11-/m1/s1. The number of nitrogen functional groups attached to an aromatic ring is 1. The van der Waals surface area contributed by atoms with Gasteiger partial charge < -0.3 is 20.7 Å². The summed E-state index contributed by atoms with van der Waals surface area (Å²) in [4.78, 5) is 11.1. The van der Waals surface area contributed by atoms with E-state index in [4.69, 9.17) is 10.5 Å². The molecule has 3 rings (SSSR count). The molecule has 2 aromatic heterocycles. The summed E-state index contributed by atoms with van der Waals surface area (Å²) in [6.45, 7) is 1.78. The number of hydrogen-bond acceptors (Lipinski definition) is 8. The molecule has 0 spiro atoms. The predicted molar refractivity (Wildman–Crippen MR) is 78.7 cm³/mol. The fourth-order valence-corrected chi connectivity index (χ4v) is 2.95. The number of halogens is 1. The van der Waals surface area contributed by atoms with Gasteiger partial charge in [-0.25, -0.2) is 4.98 Å². The molecule has 5 atom stereocenters. The third-order valence-corrected chi connectivity index (χ3v) is 4.33. The van der Waals surface area contributed by atoms with Gasteiger partial charge in [0.2, 0.25) is 0 Å². The highest BCUT2D eigenvalue weighted by Crippen LogP contribution is 2.36. The van der Waals surface area contributed by atoms with Crippen molar-refractivity contribution in [1.29, 1.82) is 0 Å². The maximum Gasteiger partial charge on any atom is 0.312 e. The molecule has 0 radical (unpaired) electrons. The van der Waals surface area contributed by atoms with E-state index in [1.165, 1.54) is 10.9 Å². The van der Waals surface area contributed by atoms with Gasteiger partial charge in [-0.1, -0.05) is 6.92 Å². The highest BCUT2D eigenvalue weighted by molar-refractivity contribution is 7.81. The van der Waals surface area contributed by atoms with Crippen molar-refractivity contribution in [2.45, 2.75) is 43.1 Å². The molecular weight excluding hydrogens is 313 g/mol. The molecular formula is C12H16FN5O3S. The highest BCUT2D eigenvalue weighted by Gasteiger charge is 2.46. The number of aromatic nitrogens is 4. The van der Waals surface area contributed by atoms with Crippen LogP contribution in [0.15, 0.2) is 6.33 Å². The molecule has 8 nitrogen and oxygen atoms in total. The quantitative estimate of drug-likeness (QED) is 0.457. The maximum atomic E-state index is 13.4. The van der Waals surface area contributed by atoms with E-state index < -0.39 is 35.9 Å². The van der Waals surface area contributed by atoms with Gasteiger partial charge in [-0.05, 0) is 6.42 Å². The number of hydrogen-bond donors (Lipinski definition) is 4. The van der Waals surface area contributed by atoms with Crippen LogP contribution >= 0.6 is 12.6 Å². The Bertz CT molecular complexity index is 699. The third kappa shape index (κ3) is 2.32. The smallest absolute Gasteiger partial charge is 0.312 e. The van der Waals surface area contributed by atoms with E-state index in [1.54, 1.807) is 6.92 Å². The fourth-order valence-electron chi connectivity index (χ4n) is 2.56. The van der Waals surface area contributed by atoms with Gasteiger partial charge in [-0.15, -0.1) is 0 Å². The lowest BCUT2D eigenvalue weighted by Gasteiger charge is -2.19. The van der Waals surface area contributed by atoms with Crippen molar-refractivity contribution < 1.29 is 19.3 Å². The summed E-state index contributed by atoms with van der Waals surface area (Å²) in [5.74, 6) is -0.0827. The number of nitrogens with two attached hydrogens (primary N) is 1. The van der Waals surface area contributed by atoms with Gasteiger partial charge in [-0.3, -0.25) is 4.57 Å². The van der Waals surface area contributed by atoms with Gasteiger partial charge in [-0.2, -0.15) is 27.0 Å². The Balaban J connectivity index is 2.01. The molecule has 0 bridgehead atoms. The number of ether oxygens (including phenoxy) is 1. The second-order valence-corrected chi connectivity index (χ2v) is 5.75. The minimum absolute atomic E-state index is 0.0827. The lowest BCUT2D eigenvalue weighted by atomic mass is 10.1. The predicted octanol–water partition coefficient (Wildman–Crippen LogP) is -0.125. The minimum atomic E-state index is -0.982. The molecule has 0 aromatic carbocycles. The molecule has 3 heterocycles. The molecule has 1 unspecified atom stereocenters. The van der Waals surface area contributed by atoms with Crippen molar-refractivity contribution in [1.82, 2.24) is 19.5 Å². The van der Waals surface area contributed by atoms with Crippen LogP contribution < -0.4 is 5.73 Å². The number of nitrogens with zero attached hydrogens (tertiary/aromatic N) is 4. The van der Waals surface area contributed by atoms with Crippen LogP contribution in [0.3, 0.4) is 0 Å². The van der Waals surface area contributed by atoms with Crippen molar-refractivity contribution in [2.75, 3.05) is 5.73 Å². The van der Waals surface area contributed by atoms with E-state index in [1.807, 2.05) is 0 Å². The Morgan fingerprint density at radius 1 is 1.55 bits per heavy atom. The Labute approximate surface area is 130 Å². The first kappa shape index (κ1) is 15.4. The third-order valence-electron chi connectivity index (χ3n) is 3.77. The topological polar surface area (TPSA) is 119 Å². The zero-order valence-electron chi connectivity index (χ0n) is 11.7. The molecule has 0 amide bonds. The number of aliphatic hydroxyl groups is 2. The van der Waals surface area contributed by atoms with Crippen LogP contribution in [-0.2, 0) is 4.74 Å². The summed E-state index contributed by atoms with van der Waals surface area (Å²) in [5, 5.41) is 19.5. The summed E-state index contributed by atoms with van der Waals surface area (Å²) in [6.07, 6.45) is -2.56. The molecule has 10 heteroatoms. The number of imidazole rings is 1. The SMILES string of the molecule is CCC(O)[C@H]1O[C@@H](n2cnc3c(N)nc(F)nc32)[C@H](S)[C@@H]1O. The van der Waals surface area contributed by atoms with E-state index >= 15 is 0 Å². The van der Waals surface area contributed by atoms with Crippen LogP contribution in [0, 0.1) is 6.08 Å². The van der Waals surface area contributed by atoms with Crippen molar-refractivity contribution in [3.63, 3.8) is 0 Å². The molecule has 4 N–H and O–H groups in total. The average Bonchev–Trinajstić information content (AvgIpc) is 3.01. The summed E-state index contributed by atoms with van der Waals surface area (Å²) >= 11 is 4.34. The first-order chi connectivity index (χ1) is 10.4. The van der Waals surface area contributed by atoms with Gasteiger partial charge >= 0.3 is 6.08 Å². The summed E-state index contributed by atoms with van der Waals surface area (Å²) in [7, 11) is 0. The monoisotopic (exact) mass is 329 g/mol. The van der Waals surface area contributed by atoms with Gasteiger partial charge in [0, 0.05) is 0 Å². The molecule has 1 aliphatic rings. The zero-order chi connectivity index (χ0) is 16.0. The normalized spacial score (nSPS) is 30.0. The second kappa shape index (κ2) is 5.61. The van der Waals surface area contributed by atoms with Crippen molar-refractivity contribution in [2.24, 2.45) is 0 Å². The molecule has 2 aromatic rings. The molecule has 1 fully saturated rings. The molecule has 0 saturated carbocycles. The second-order valence-electron chi connectivity index (χ2n) is 5.15. The summed E-state index contributed by atoms with van der Waals surface area (Å²) < 4.78 is 20.5. The van der Waals surface area contributed by atoms with Crippen LogP contribution in [0.1, 0.15) is 19.6 Å². The van der Waals surface area contributed by atoms with Gasteiger partial charge in [0.1, 0.15) is 6.10 Å². The first-order valence-electron chi connectivity index (χ1n) is 6.79. The summed E-state index contributed by atoms with van der Waals surface area (Å²) in [6, 6.07) is 0. The summed E-state index contributed by atoms with van der Waals surface area (Å²) in [5.41, 5.74) is 5.99. The van der Waals surface area contributed by atoms with E-state index in [2.05, 4.69) is 27.6 Å². The molecule has 1 saturated heterocycles. The lowest BCUT2D eigenvalue weighted by molar-refractivity contribution is -0.0818. The van der Waals surface area contributed by atoms with Gasteiger partial charge in [0.25, 0.3) is 0 Å². The Morgan fingerprint density at radius 2 is 2.27 bits per heavy atom. The maximum absolute atomic E-state index is 13.4. The fraction of sp³-hybridized carbons (Fsp3) is 0.583. The van der Waals surface area contributed by atoms with Crippen LogP contribution in [0.5, 0.6) is 0 Å². The number of fused-ring (bicyclic) bond motifs is 1. The number of anilines is 1. The van der Waals surface area contributed by atoms with Crippen LogP contribution in [-0.4, -0.2) is 53.3 Å². The van der Waals surface area contributed by atoms with Gasteiger partial charge in [0.05, 0.1) is 23.8 Å². The first-order valence-corrected chi connectivity index (χ1v) is 7.30. The minimum Gasteiger partial charge on any atom is -0.390 e. The van der Waals surface area contributed by atoms with E-state index in [0.29, 0.717) is 6.42 Å². The number of thiol groups is 1. The zero-order valence-corrected chi connectivity index (χ0v) is 12.6. The number of aliphatic hydroxyl groups excluding tert-OH is 2. The molecule has 1 aliphatic heterocycles.